The molecule has 2 aromatic rings. The average Bonchev–Trinajstić information content (AvgIpc) is 2.99. The Kier molecular flexibility index (Phi) is 10.9. The molecule has 2 aromatic carbocycles. The van der Waals surface area contributed by atoms with Crippen molar-refractivity contribution in [2.24, 2.45) is 17.8 Å². The number of carbonyl (C=O) groups excluding carboxylic acids is 3. The van der Waals surface area contributed by atoms with Gasteiger partial charge in [0, 0.05) is 56.4 Å². The minimum absolute atomic E-state index is 0.147. The lowest BCUT2D eigenvalue weighted by atomic mass is 9.69. The van der Waals surface area contributed by atoms with E-state index in [0.29, 0.717) is 26.1 Å². The summed E-state index contributed by atoms with van der Waals surface area (Å²) in [5, 5.41) is 6.26. The minimum Gasteiger partial charge on any atom is -0.457 e. The third-order valence-electron chi connectivity index (χ3n) is 8.32. The third kappa shape index (κ3) is 8.11. The molecule has 0 unspecified atom stereocenters. The number of methoxy groups -OCH3 is 1. The van der Waals surface area contributed by atoms with Crippen LogP contribution in [0.15, 0.2) is 48.5 Å². The first-order valence-corrected chi connectivity index (χ1v) is 15.8. The van der Waals surface area contributed by atoms with Crippen LogP contribution in [-0.4, -0.2) is 68.3 Å². The van der Waals surface area contributed by atoms with Crippen molar-refractivity contribution >= 4 is 17.9 Å². The van der Waals surface area contributed by atoms with Crippen molar-refractivity contribution in [1.82, 2.24) is 15.5 Å². The fourth-order valence-corrected chi connectivity index (χ4v) is 6.17. The molecule has 0 bridgehead atoms. The molecule has 3 amide bonds. The highest BCUT2D eigenvalue weighted by atomic mass is 16.6. The van der Waals surface area contributed by atoms with Crippen LogP contribution in [0, 0.1) is 17.8 Å². The van der Waals surface area contributed by atoms with Crippen LogP contribution in [0.1, 0.15) is 71.4 Å². The Balaban J connectivity index is 1.60. The molecule has 2 atom stereocenters. The van der Waals surface area contributed by atoms with E-state index in [1.165, 1.54) is 4.90 Å². The molecule has 2 heterocycles. The number of nitrogens with zero attached hydrogens (tertiary/aromatic N) is 1. The largest absolute Gasteiger partial charge is 0.457 e. The predicted octanol–water partition coefficient (Wildman–Crippen LogP) is 5.66. The number of ether oxygens (including phenoxy) is 3. The van der Waals surface area contributed by atoms with Gasteiger partial charge in [0.05, 0.1) is 11.8 Å². The van der Waals surface area contributed by atoms with Gasteiger partial charge in [-0.2, -0.15) is 0 Å². The number of carbonyl (C=O) groups is 3. The summed E-state index contributed by atoms with van der Waals surface area (Å²) in [6, 6.07) is 16.0. The van der Waals surface area contributed by atoms with Gasteiger partial charge in [-0.3, -0.25) is 9.59 Å². The molecule has 0 radical (unpaired) electrons. The van der Waals surface area contributed by atoms with Gasteiger partial charge in [-0.05, 0) is 64.5 Å². The Labute approximate surface area is 262 Å². The van der Waals surface area contributed by atoms with E-state index in [0.717, 1.165) is 41.9 Å². The summed E-state index contributed by atoms with van der Waals surface area (Å²) in [5.41, 5.74) is 0.839. The fourth-order valence-electron chi connectivity index (χ4n) is 6.17. The summed E-state index contributed by atoms with van der Waals surface area (Å²) >= 11 is 0. The van der Waals surface area contributed by atoms with E-state index >= 15 is 0 Å². The molecule has 0 aliphatic carbocycles. The van der Waals surface area contributed by atoms with Crippen LogP contribution in [0.3, 0.4) is 0 Å². The average molecular weight is 608 g/mol. The number of hydrogen-bond donors (Lipinski definition) is 2. The topological polar surface area (TPSA) is 106 Å². The molecule has 1 fully saturated rings. The van der Waals surface area contributed by atoms with Crippen LogP contribution in [0.4, 0.5) is 4.79 Å². The van der Waals surface area contributed by atoms with Crippen molar-refractivity contribution in [3.63, 3.8) is 0 Å². The van der Waals surface area contributed by atoms with Crippen molar-refractivity contribution in [1.29, 1.82) is 0 Å². The summed E-state index contributed by atoms with van der Waals surface area (Å²) in [6.45, 7) is 11.4. The first-order valence-electron chi connectivity index (χ1n) is 15.8. The van der Waals surface area contributed by atoms with Gasteiger partial charge in [0.1, 0.15) is 17.1 Å². The monoisotopic (exact) mass is 607 g/mol. The maximum Gasteiger partial charge on any atom is 0.410 e. The molecule has 240 valence electrons. The second-order valence-electron chi connectivity index (χ2n) is 13.5. The van der Waals surface area contributed by atoms with Gasteiger partial charge in [-0.25, -0.2) is 4.79 Å². The van der Waals surface area contributed by atoms with Gasteiger partial charge in [-0.1, -0.05) is 50.2 Å². The van der Waals surface area contributed by atoms with Crippen molar-refractivity contribution in [2.45, 2.75) is 71.3 Å². The quantitative estimate of drug-likeness (QED) is 0.320. The first kappa shape index (κ1) is 33.3. The number of nitrogens with one attached hydrogen (secondary N) is 2. The predicted molar refractivity (Wildman–Crippen MR) is 170 cm³/mol. The molecule has 9 heteroatoms. The van der Waals surface area contributed by atoms with Gasteiger partial charge in [0.15, 0.2) is 0 Å². The molecule has 2 N–H and O–H groups in total. The number of para-hydroxylation sites is 2. The van der Waals surface area contributed by atoms with E-state index in [1.54, 1.807) is 7.11 Å². The number of rotatable bonds is 11. The molecule has 2 aliphatic rings. The van der Waals surface area contributed by atoms with Crippen LogP contribution in [0.25, 0.3) is 0 Å². The zero-order chi connectivity index (χ0) is 31.9. The van der Waals surface area contributed by atoms with Gasteiger partial charge < -0.3 is 29.7 Å². The Morgan fingerprint density at radius 3 is 2.05 bits per heavy atom. The van der Waals surface area contributed by atoms with Gasteiger partial charge >= 0.3 is 6.09 Å². The lowest BCUT2D eigenvalue weighted by Crippen LogP contribution is -2.54. The van der Waals surface area contributed by atoms with E-state index in [1.807, 2.05) is 71.0 Å². The van der Waals surface area contributed by atoms with Crippen molar-refractivity contribution in [2.75, 3.05) is 39.9 Å². The maximum atomic E-state index is 14.0. The van der Waals surface area contributed by atoms with Crippen molar-refractivity contribution < 1.29 is 28.6 Å². The summed E-state index contributed by atoms with van der Waals surface area (Å²) in [6.07, 6.45) is 2.39. The highest BCUT2D eigenvalue weighted by molar-refractivity contribution is 5.84. The van der Waals surface area contributed by atoms with E-state index in [2.05, 4.69) is 22.8 Å². The van der Waals surface area contributed by atoms with E-state index < -0.39 is 28.9 Å². The van der Waals surface area contributed by atoms with Crippen LogP contribution < -0.4 is 15.4 Å². The second-order valence-corrected chi connectivity index (χ2v) is 13.5. The van der Waals surface area contributed by atoms with Crippen LogP contribution in [0.2, 0.25) is 0 Å². The molecule has 0 aromatic heterocycles. The van der Waals surface area contributed by atoms with Gasteiger partial charge in [-0.15, -0.1) is 0 Å². The molecule has 0 saturated carbocycles. The Bertz CT molecular complexity index is 1260. The number of hydrogen-bond acceptors (Lipinski definition) is 6. The standard InChI is InChI=1S/C35H49N3O6/c1-24(2)20-36-31(39)25-19-26(22-38(21-25)33(41)44-34(3,4)5)32(40)37-23-35(17-11-12-18-42-6)27-13-7-9-15-29(27)43-30-16-10-8-14-28(30)35/h7-10,13-16,24-26H,11-12,17-23H2,1-6H3,(H,36,39)(H,37,40)/t25-,26-/m0/s1. The Morgan fingerprint density at radius 1 is 0.932 bits per heavy atom. The number of benzene rings is 2. The molecule has 4 rings (SSSR count). The van der Waals surface area contributed by atoms with E-state index in [4.69, 9.17) is 14.2 Å². The first-order chi connectivity index (χ1) is 20.9. The lowest BCUT2D eigenvalue weighted by molar-refractivity contribution is -0.131. The fraction of sp³-hybridized carbons (Fsp3) is 0.571. The number of amides is 3. The minimum atomic E-state index is -0.694. The zero-order valence-corrected chi connectivity index (χ0v) is 27.1. The molecule has 2 aliphatic heterocycles. The molecule has 1 saturated heterocycles. The summed E-state index contributed by atoms with van der Waals surface area (Å²) in [5.74, 6) is 0.434. The molecule has 44 heavy (non-hydrogen) atoms. The SMILES string of the molecule is COCCCCC1(CNC(=O)[C@H]2C[C@H](C(=O)NCC(C)C)CN(C(=O)OC(C)(C)C)C2)c2ccccc2Oc2ccccc21. The highest BCUT2D eigenvalue weighted by Crippen LogP contribution is 2.50. The Hall–Kier alpha value is -3.59. The molecule has 0 spiro atoms. The number of likely N-dealkylation sites (tertiary alicyclic amines) is 1. The second kappa shape index (κ2) is 14.5. The van der Waals surface area contributed by atoms with Crippen molar-refractivity contribution in [3.05, 3.63) is 59.7 Å². The summed E-state index contributed by atoms with van der Waals surface area (Å²) in [7, 11) is 1.70. The van der Waals surface area contributed by atoms with Gasteiger partial charge in [0.25, 0.3) is 0 Å². The summed E-state index contributed by atoms with van der Waals surface area (Å²) in [4.78, 5) is 41.8. The number of fused-ring (bicyclic) bond motifs is 2. The zero-order valence-electron chi connectivity index (χ0n) is 27.1. The lowest BCUT2D eigenvalue weighted by Gasteiger charge is -2.41. The van der Waals surface area contributed by atoms with Gasteiger partial charge in [0.2, 0.25) is 11.8 Å². The van der Waals surface area contributed by atoms with E-state index in [9.17, 15) is 14.4 Å². The number of unbranched alkanes of at least 4 members (excludes halogenated alkanes) is 1. The van der Waals surface area contributed by atoms with Crippen LogP contribution >= 0.6 is 0 Å². The van der Waals surface area contributed by atoms with Crippen LogP contribution in [0.5, 0.6) is 11.5 Å². The molecular formula is C35H49N3O6. The maximum absolute atomic E-state index is 14.0. The smallest absolute Gasteiger partial charge is 0.410 e. The van der Waals surface area contributed by atoms with E-state index in [-0.39, 0.29) is 30.8 Å². The van der Waals surface area contributed by atoms with Crippen LogP contribution in [-0.2, 0) is 24.5 Å². The molecule has 9 nitrogen and oxygen atoms in total. The molecular weight excluding hydrogens is 558 g/mol. The Morgan fingerprint density at radius 2 is 1.50 bits per heavy atom. The third-order valence-corrected chi connectivity index (χ3v) is 8.32. The summed E-state index contributed by atoms with van der Waals surface area (Å²) < 4.78 is 17.3. The number of piperidine rings is 1. The highest BCUT2D eigenvalue weighted by Gasteiger charge is 2.43. The normalized spacial score (nSPS) is 18.9. The van der Waals surface area contributed by atoms with Crippen molar-refractivity contribution in [3.8, 4) is 11.5 Å².